The Morgan fingerprint density at radius 2 is 1.26 bits per heavy atom. The van der Waals surface area contributed by atoms with Crippen molar-refractivity contribution in [3.05, 3.63) is 0 Å². The zero-order valence-electron chi connectivity index (χ0n) is 19.0. The van der Waals surface area contributed by atoms with Gasteiger partial charge in [0, 0.05) is 26.1 Å². The van der Waals surface area contributed by atoms with Crippen LogP contribution in [0, 0.1) is 17.3 Å². The van der Waals surface area contributed by atoms with Crippen molar-refractivity contribution < 1.29 is 9.53 Å². The highest BCUT2D eigenvalue weighted by molar-refractivity contribution is 5.81. The lowest BCUT2D eigenvalue weighted by Gasteiger charge is -2.42. The third-order valence-electron chi connectivity index (χ3n) is 6.99. The summed E-state index contributed by atoms with van der Waals surface area (Å²) in [6.07, 6.45) is 21.1. The van der Waals surface area contributed by atoms with Crippen molar-refractivity contribution in [1.82, 2.24) is 0 Å². The standard InChI is InChI=1S/C25H48O2/c1-22-23(25(2,3)20-19-24(22)26)18-16-14-12-10-8-6-5-7-9-11-13-15-17-21-27-4/h22-23H,5-21H2,1-4H3. The molecule has 2 atom stereocenters. The van der Waals surface area contributed by atoms with Crippen LogP contribution in [0.1, 0.15) is 124 Å². The molecule has 1 saturated carbocycles. The minimum atomic E-state index is 0.286. The molecule has 0 spiro atoms. The largest absolute Gasteiger partial charge is 0.385 e. The second-order valence-electron chi connectivity index (χ2n) is 9.73. The Hall–Kier alpha value is -0.370. The van der Waals surface area contributed by atoms with E-state index >= 15 is 0 Å². The fourth-order valence-electron chi connectivity index (χ4n) is 4.96. The summed E-state index contributed by atoms with van der Waals surface area (Å²) in [5, 5.41) is 0. The molecule has 0 radical (unpaired) electrons. The first-order valence-electron chi connectivity index (χ1n) is 12.0. The maximum absolute atomic E-state index is 12.0. The number of ketones is 1. The molecule has 0 aromatic heterocycles. The Kier molecular flexibility index (Phi) is 13.3. The highest BCUT2D eigenvalue weighted by Gasteiger charge is 2.40. The van der Waals surface area contributed by atoms with Gasteiger partial charge < -0.3 is 4.74 Å². The summed E-state index contributed by atoms with van der Waals surface area (Å²) in [6.45, 7) is 7.85. The maximum atomic E-state index is 12.0. The van der Waals surface area contributed by atoms with Gasteiger partial charge in [-0.1, -0.05) is 97.8 Å². The number of carbonyl (C=O) groups is 1. The summed E-state index contributed by atoms with van der Waals surface area (Å²) < 4.78 is 5.08. The van der Waals surface area contributed by atoms with Crippen LogP contribution in [0.5, 0.6) is 0 Å². The minimum absolute atomic E-state index is 0.286. The van der Waals surface area contributed by atoms with E-state index < -0.39 is 0 Å². The normalized spacial score (nSPS) is 22.3. The van der Waals surface area contributed by atoms with E-state index in [1.165, 1.54) is 89.9 Å². The van der Waals surface area contributed by atoms with Crippen molar-refractivity contribution in [1.29, 1.82) is 0 Å². The number of methoxy groups -OCH3 is 1. The first kappa shape index (κ1) is 24.7. The predicted octanol–water partition coefficient (Wildman–Crippen LogP) is 7.74. The first-order chi connectivity index (χ1) is 13.0. The molecule has 0 aromatic rings. The summed E-state index contributed by atoms with van der Waals surface area (Å²) in [6, 6.07) is 0. The van der Waals surface area contributed by atoms with Gasteiger partial charge in [-0.3, -0.25) is 4.79 Å². The van der Waals surface area contributed by atoms with Crippen molar-refractivity contribution in [2.45, 2.75) is 124 Å². The third-order valence-corrected chi connectivity index (χ3v) is 6.99. The summed E-state index contributed by atoms with van der Waals surface area (Å²) in [7, 11) is 1.79. The summed E-state index contributed by atoms with van der Waals surface area (Å²) in [5.74, 6) is 1.40. The molecule has 1 aliphatic carbocycles. The molecule has 0 aliphatic heterocycles. The average Bonchev–Trinajstić information content (AvgIpc) is 2.64. The fourth-order valence-corrected chi connectivity index (χ4v) is 4.96. The highest BCUT2D eigenvalue weighted by Crippen LogP contribution is 2.44. The fraction of sp³-hybridized carbons (Fsp3) is 0.960. The first-order valence-corrected chi connectivity index (χ1v) is 12.0. The summed E-state index contributed by atoms with van der Waals surface area (Å²) >= 11 is 0. The van der Waals surface area contributed by atoms with Crippen molar-refractivity contribution in [3.63, 3.8) is 0 Å². The minimum Gasteiger partial charge on any atom is -0.385 e. The number of hydrogen-bond acceptors (Lipinski definition) is 2. The van der Waals surface area contributed by atoms with Crippen molar-refractivity contribution in [2.75, 3.05) is 13.7 Å². The molecule has 0 saturated heterocycles. The van der Waals surface area contributed by atoms with Crippen LogP contribution in [-0.4, -0.2) is 19.5 Å². The maximum Gasteiger partial charge on any atom is 0.136 e. The molecular weight excluding hydrogens is 332 g/mol. The highest BCUT2D eigenvalue weighted by atomic mass is 16.5. The monoisotopic (exact) mass is 380 g/mol. The number of ether oxygens (including phenoxy) is 1. The Labute approximate surface area is 170 Å². The number of Topliss-reactive ketones (excluding diaryl/α,β-unsaturated/α-hetero) is 1. The zero-order valence-corrected chi connectivity index (χ0v) is 19.0. The second-order valence-corrected chi connectivity index (χ2v) is 9.73. The topological polar surface area (TPSA) is 26.3 Å². The molecule has 2 unspecified atom stereocenters. The molecule has 1 rings (SSSR count). The van der Waals surface area contributed by atoms with Crippen LogP contribution >= 0.6 is 0 Å². The van der Waals surface area contributed by atoms with Gasteiger partial charge in [-0.2, -0.15) is 0 Å². The van der Waals surface area contributed by atoms with E-state index in [1.807, 2.05) is 0 Å². The van der Waals surface area contributed by atoms with Crippen molar-refractivity contribution in [2.24, 2.45) is 17.3 Å². The molecule has 27 heavy (non-hydrogen) atoms. The van der Waals surface area contributed by atoms with E-state index in [9.17, 15) is 4.79 Å². The van der Waals surface area contributed by atoms with Crippen LogP contribution in [0.4, 0.5) is 0 Å². The number of rotatable bonds is 16. The summed E-state index contributed by atoms with van der Waals surface area (Å²) in [4.78, 5) is 12.0. The Morgan fingerprint density at radius 1 is 0.815 bits per heavy atom. The van der Waals surface area contributed by atoms with Gasteiger partial charge in [0.2, 0.25) is 0 Å². The second kappa shape index (κ2) is 14.6. The van der Waals surface area contributed by atoms with E-state index in [1.54, 1.807) is 7.11 Å². The SMILES string of the molecule is COCCCCCCCCCCCCCCCC1C(C)C(=O)CCC1(C)C. The van der Waals surface area contributed by atoms with Gasteiger partial charge in [0.25, 0.3) is 0 Å². The van der Waals surface area contributed by atoms with Gasteiger partial charge in [0.1, 0.15) is 5.78 Å². The number of hydrogen-bond donors (Lipinski definition) is 0. The van der Waals surface area contributed by atoms with Crippen molar-refractivity contribution in [3.8, 4) is 0 Å². The molecule has 0 amide bonds. The van der Waals surface area contributed by atoms with E-state index in [2.05, 4.69) is 20.8 Å². The molecule has 160 valence electrons. The number of carbonyl (C=O) groups excluding carboxylic acids is 1. The molecule has 2 nitrogen and oxygen atoms in total. The summed E-state index contributed by atoms with van der Waals surface area (Å²) in [5.41, 5.74) is 0.358. The zero-order chi connectivity index (χ0) is 20.0. The molecule has 0 N–H and O–H groups in total. The predicted molar refractivity (Wildman–Crippen MR) is 117 cm³/mol. The van der Waals surface area contributed by atoms with Crippen LogP contribution < -0.4 is 0 Å². The van der Waals surface area contributed by atoms with E-state index in [0.29, 0.717) is 17.1 Å². The molecule has 0 heterocycles. The van der Waals surface area contributed by atoms with Crippen molar-refractivity contribution >= 4 is 5.78 Å². The van der Waals surface area contributed by atoms with Gasteiger partial charge in [-0.05, 0) is 30.6 Å². The Morgan fingerprint density at radius 3 is 1.74 bits per heavy atom. The smallest absolute Gasteiger partial charge is 0.136 e. The lowest BCUT2D eigenvalue weighted by molar-refractivity contribution is -0.130. The molecule has 1 fully saturated rings. The van der Waals surface area contributed by atoms with Gasteiger partial charge in [-0.25, -0.2) is 0 Å². The molecular formula is C25H48O2. The third kappa shape index (κ3) is 10.7. The van der Waals surface area contributed by atoms with Gasteiger partial charge in [0.15, 0.2) is 0 Å². The van der Waals surface area contributed by atoms with Gasteiger partial charge >= 0.3 is 0 Å². The van der Waals surface area contributed by atoms with Gasteiger partial charge in [-0.15, -0.1) is 0 Å². The molecule has 1 aliphatic rings. The lowest BCUT2D eigenvalue weighted by Crippen LogP contribution is -2.38. The lowest BCUT2D eigenvalue weighted by atomic mass is 9.62. The number of unbranched alkanes of at least 4 members (excludes halogenated alkanes) is 12. The molecule has 2 heteroatoms. The van der Waals surface area contributed by atoms with Gasteiger partial charge in [0.05, 0.1) is 0 Å². The molecule has 0 aromatic carbocycles. The Bertz CT molecular complexity index is 375. The van der Waals surface area contributed by atoms with Crippen LogP contribution in [0.15, 0.2) is 0 Å². The van der Waals surface area contributed by atoms with Crippen LogP contribution in [0.3, 0.4) is 0 Å². The molecule has 0 bridgehead atoms. The van der Waals surface area contributed by atoms with Crippen LogP contribution in [0.25, 0.3) is 0 Å². The van der Waals surface area contributed by atoms with E-state index in [4.69, 9.17) is 4.74 Å². The van der Waals surface area contributed by atoms with E-state index in [0.717, 1.165) is 19.4 Å². The van der Waals surface area contributed by atoms with Crippen LogP contribution in [0.2, 0.25) is 0 Å². The average molecular weight is 381 g/mol. The van der Waals surface area contributed by atoms with Crippen LogP contribution in [-0.2, 0) is 9.53 Å². The Balaban J connectivity index is 1.89. The van der Waals surface area contributed by atoms with E-state index in [-0.39, 0.29) is 5.92 Å². The quantitative estimate of drug-likeness (QED) is 0.256.